The second-order valence-corrected chi connectivity index (χ2v) is 8.00. The largest absolute Gasteiger partial charge is 0.467 e. The van der Waals surface area contributed by atoms with Gasteiger partial charge < -0.3 is 20.3 Å². The summed E-state index contributed by atoms with van der Waals surface area (Å²) >= 11 is 0. The van der Waals surface area contributed by atoms with Gasteiger partial charge in [0.25, 0.3) is 5.91 Å². The first-order valence-electron chi connectivity index (χ1n) is 10.3. The summed E-state index contributed by atoms with van der Waals surface area (Å²) < 4.78 is 45.2. The van der Waals surface area contributed by atoms with E-state index in [0.29, 0.717) is 5.39 Å². The molecule has 1 aliphatic heterocycles. The Balaban J connectivity index is 1.77. The summed E-state index contributed by atoms with van der Waals surface area (Å²) in [5.74, 6) is -0.743. The van der Waals surface area contributed by atoms with Gasteiger partial charge in [-0.25, -0.2) is 4.98 Å². The summed E-state index contributed by atoms with van der Waals surface area (Å²) in [5, 5.41) is 6.40. The van der Waals surface area contributed by atoms with Crippen LogP contribution in [0, 0.1) is 0 Å². The minimum atomic E-state index is -4.64. The van der Waals surface area contributed by atoms with Crippen molar-refractivity contribution in [1.82, 2.24) is 20.3 Å². The zero-order valence-corrected chi connectivity index (χ0v) is 18.3. The molecule has 3 aromatic rings. The topological polar surface area (TPSA) is 92.3 Å². The van der Waals surface area contributed by atoms with E-state index >= 15 is 0 Å². The first-order chi connectivity index (χ1) is 15.7. The smallest absolute Gasteiger partial charge is 0.418 e. The number of nitrogens with zero attached hydrogens (tertiary/aromatic N) is 4. The number of pyridine rings is 1. The molecule has 8 nitrogen and oxygen atoms in total. The molecule has 1 fully saturated rings. The number of carbonyl (C=O) groups excluding carboxylic acids is 1. The molecule has 4 rings (SSSR count). The molecule has 2 atom stereocenters. The summed E-state index contributed by atoms with van der Waals surface area (Å²) in [4.78, 5) is 27.5. The van der Waals surface area contributed by atoms with Crippen LogP contribution in [-0.4, -0.2) is 53.1 Å². The number of ether oxygens (including phenoxy) is 1. The Morgan fingerprint density at radius 2 is 1.91 bits per heavy atom. The van der Waals surface area contributed by atoms with Crippen molar-refractivity contribution in [1.29, 1.82) is 0 Å². The highest BCUT2D eigenvalue weighted by molar-refractivity contribution is 6.14. The number of methoxy groups -OCH3 is 1. The van der Waals surface area contributed by atoms with Crippen LogP contribution in [0.3, 0.4) is 0 Å². The first-order valence-corrected chi connectivity index (χ1v) is 10.3. The van der Waals surface area contributed by atoms with Gasteiger partial charge in [-0.15, -0.1) is 0 Å². The van der Waals surface area contributed by atoms with E-state index in [1.54, 1.807) is 18.3 Å². The molecule has 0 spiro atoms. The zero-order chi connectivity index (χ0) is 23.8. The average Bonchev–Trinajstić information content (AvgIpc) is 2.76. The summed E-state index contributed by atoms with van der Waals surface area (Å²) in [5.41, 5.74) is -0.196. The average molecular weight is 460 g/mol. The van der Waals surface area contributed by atoms with Gasteiger partial charge in [0.05, 0.1) is 35.6 Å². The molecule has 2 aromatic heterocycles. The normalized spacial score (nSPS) is 18.9. The maximum absolute atomic E-state index is 13.3. The summed E-state index contributed by atoms with van der Waals surface area (Å²) in [6, 6.07) is 4.68. The molecule has 1 aliphatic rings. The second kappa shape index (κ2) is 8.81. The summed E-state index contributed by atoms with van der Waals surface area (Å²) in [6.07, 6.45) is -1.08. The van der Waals surface area contributed by atoms with E-state index in [1.165, 1.54) is 7.11 Å². The third-order valence-electron chi connectivity index (χ3n) is 5.41. The van der Waals surface area contributed by atoms with Crippen molar-refractivity contribution in [2.45, 2.75) is 32.1 Å². The molecule has 11 heteroatoms. The number of rotatable bonds is 4. The van der Waals surface area contributed by atoms with Crippen molar-refractivity contribution in [2.24, 2.45) is 0 Å². The van der Waals surface area contributed by atoms with Crippen LogP contribution in [0.5, 0.6) is 6.01 Å². The molecule has 0 saturated carbocycles. The van der Waals surface area contributed by atoms with Crippen molar-refractivity contribution < 1.29 is 22.7 Å². The monoisotopic (exact) mass is 460 g/mol. The van der Waals surface area contributed by atoms with Gasteiger partial charge in [0, 0.05) is 48.6 Å². The number of anilines is 2. The fourth-order valence-corrected chi connectivity index (χ4v) is 4.10. The molecule has 0 unspecified atom stereocenters. The highest BCUT2D eigenvalue weighted by Crippen LogP contribution is 2.35. The fourth-order valence-electron chi connectivity index (χ4n) is 4.10. The van der Waals surface area contributed by atoms with E-state index in [2.05, 4.69) is 44.3 Å². The molecule has 3 heterocycles. The van der Waals surface area contributed by atoms with Gasteiger partial charge in [0.1, 0.15) is 0 Å². The molecule has 2 N–H and O–H groups in total. The second-order valence-electron chi connectivity index (χ2n) is 8.00. The number of nitrogens with one attached hydrogen (secondary N) is 2. The van der Waals surface area contributed by atoms with E-state index in [4.69, 9.17) is 4.74 Å². The van der Waals surface area contributed by atoms with Gasteiger partial charge in [0.15, 0.2) is 0 Å². The molecular weight excluding hydrogens is 437 g/mol. The van der Waals surface area contributed by atoms with Crippen LogP contribution in [-0.2, 0) is 6.18 Å². The zero-order valence-electron chi connectivity index (χ0n) is 18.3. The molecule has 1 saturated heterocycles. The minimum absolute atomic E-state index is 0.0492. The van der Waals surface area contributed by atoms with Gasteiger partial charge in [-0.05, 0) is 32.0 Å². The Morgan fingerprint density at radius 3 is 2.58 bits per heavy atom. The lowest BCUT2D eigenvalue weighted by atomic mass is 10.0. The van der Waals surface area contributed by atoms with Gasteiger partial charge in [-0.2, -0.15) is 18.2 Å². The fraction of sp³-hybridized carbons (Fsp3) is 0.364. The molecule has 1 amide bonds. The Kier molecular flexibility index (Phi) is 6.07. The molecule has 174 valence electrons. The number of benzene rings is 1. The van der Waals surface area contributed by atoms with Crippen molar-refractivity contribution in [3.8, 4) is 6.01 Å². The quantitative estimate of drug-likeness (QED) is 0.616. The Labute approximate surface area is 188 Å². The maximum atomic E-state index is 13.3. The highest BCUT2D eigenvalue weighted by atomic mass is 19.4. The van der Waals surface area contributed by atoms with E-state index in [-0.39, 0.29) is 29.2 Å². The molecule has 0 radical (unpaired) electrons. The van der Waals surface area contributed by atoms with Crippen molar-refractivity contribution in [2.75, 3.05) is 30.4 Å². The third kappa shape index (κ3) is 4.68. The van der Waals surface area contributed by atoms with E-state index in [1.807, 2.05) is 0 Å². The molecular formula is C22H23F3N6O2. The van der Waals surface area contributed by atoms with E-state index < -0.39 is 23.3 Å². The van der Waals surface area contributed by atoms with Gasteiger partial charge in [-0.3, -0.25) is 9.78 Å². The number of aromatic nitrogens is 3. The summed E-state index contributed by atoms with van der Waals surface area (Å²) in [7, 11) is 1.40. The Bertz CT molecular complexity index is 1180. The number of amides is 1. The number of hydrogen-bond acceptors (Lipinski definition) is 7. The highest BCUT2D eigenvalue weighted by Gasteiger charge is 2.34. The van der Waals surface area contributed by atoms with Crippen LogP contribution in [0.4, 0.5) is 24.5 Å². The van der Waals surface area contributed by atoms with Crippen LogP contribution >= 0.6 is 0 Å². The van der Waals surface area contributed by atoms with E-state index in [9.17, 15) is 18.0 Å². The Hall–Kier alpha value is -3.47. The number of piperazine rings is 1. The van der Waals surface area contributed by atoms with Crippen LogP contribution in [0.2, 0.25) is 0 Å². The lowest BCUT2D eigenvalue weighted by Crippen LogP contribution is -2.54. The lowest BCUT2D eigenvalue weighted by molar-refractivity contribution is -0.137. The van der Waals surface area contributed by atoms with Crippen molar-refractivity contribution in [3.63, 3.8) is 0 Å². The third-order valence-corrected chi connectivity index (χ3v) is 5.41. The van der Waals surface area contributed by atoms with Crippen LogP contribution in [0.1, 0.15) is 29.8 Å². The van der Waals surface area contributed by atoms with Crippen LogP contribution in [0.25, 0.3) is 10.9 Å². The maximum Gasteiger partial charge on any atom is 0.418 e. The number of carbonyl (C=O) groups is 1. The van der Waals surface area contributed by atoms with Crippen LogP contribution < -0.4 is 20.3 Å². The minimum Gasteiger partial charge on any atom is -0.467 e. The SMILES string of the molecule is COc1ncc2c(N3C[C@H](C)N[C@@H](C)C3)ccc(C(=O)Nc3cnccc3C(F)(F)F)c2n1. The first kappa shape index (κ1) is 22.7. The van der Waals surface area contributed by atoms with Crippen molar-refractivity contribution >= 4 is 28.2 Å². The van der Waals surface area contributed by atoms with Gasteiger partial charge >= 0.3 is 12.2 Å². The molecule has 0 aliphatic carbocycles. The predicted octanol–water partition coefficient (Wildman–Crippen LogP) is 3.49. The lowest BCUT2D eigenvalue weighted by Gasteiger charge is -2.38. The molecule has 0 bridgehead atoms. The van der Waals surface area contributed by atoms with Crippen molar-refractivity contribution in [3.05, 3.63) is 47.9 Å². The number of alkyl halides is 3. The van der Waals surface area contributed by atoms with Gasteiger partial charge in [0.2, 0.25) is 0 Å². The number of hydrogen-bond donors (Lipinski definition) is 2. The molecule has 33 heavy (non-hydrogen) atoms. The van der Waals surface area contributed by atoms with Gasteiger partial charge in [-0.1, -0.05) is 0 Å². The summed E-state index contributed by atoms with van der Waals surface area (Å²) in [6.45, 7) is 5.64. The standard InChI is InChI=1S/C22H23F3N6O2/c1-12-10-31(11-13(2)28-12)18-5-4-14(19-15(18)8-27-21(30-19)33-3)20(32)29-17-9-26-7-6-16(17)22(23,24)25/h4-9,12-13,28H,10-11H2,1-3H3,(H,29,32)/t12-,13-/m0/s1. The number of fused-ring (bicyclic) bond motifs is 1. The molecule has 1 aromatic carbocycles. The van der Waals surface area contributed by atoms with E-state index in [0.717, 1.165) is 37.2 Å². The predicted molar refractivity (Wildman–Crippen MR) is 118 cm³/mol. The van der Waals surface area contributed by atoms with Crippen LogP contribution in [0.15, 0.2) is 36.8 Å². The number of halogens is 3. The Morgan fingerprint density at radius 1 is 1.18 bits per heavy atom.